The second-order valence-electron chi connectivity index (χ2n) is 8.15. The Kier molecular flexibility index (Phi) is 6.45. The Hall–Kier alpha value is -3.83. The van der Waals surface area contributed by atoms with Gasteiger partial charge in [-0.05, 0) is 34.9 Å². The fourth-order valence-corrected chi connectivity index (χ4v) is 5.12. The summed E-state index contributed by atoms with van der Waals surface area (Å²) < 4.78 is 14.5. The van der Waals surface area contributed by atoms with Crippen LogP contribution in [-0.4, -0.2) is 10.9 Å². The first-order chi connectivity index (χ1) is 16.7. The number of hydrogen-bond acceptors (Lipinski definition) is 3. The van der Waals surface area contributed by atoms with Crippen molar-refractivity contribution in [2.45, 2.75) is 18.9 Å². The van der Waals surface area contributed by atoms with Crippen LogP contribution in [0.4, 0.5) is 9.52 Å². The fourth-order valence-electron chi connectivity index (χ4n) is 4.11. The number of nitrogens with zero attached hydrogens (tertiary/aromatic N) is 2. The summed E-state index contributed by atoms with van der Waals surface area (Å²) in [4.78, 5) is 20.3. The maximum atomic E-state index is 13.9. The fraction of sp³-hybridized carbons (Fsp3) is 0.103. The molecule has 1 amide bonds. The van der Waals surface area contributed by atoms with E-state index in [0.717, 1.165) is 21.4 Å². The molecule has 1 heterocycles. The Balaban J connectivity index is 1.52. The lowest BCUT2D eigenvalue weighted by Crippen LogP contribution is -2.31. The summed E-state index contributed by atoms with van der Waals surface area (Å²) in [5, 5.41) is 0.578. The van der Waals surface area contributed by atoms with Crippen LogP contribution in [0.25, 0.3) is 10.2 Å². The lowest BCUT2D eigenvalue weighted by molar-refractivity contribution is -0.119. The predicted octanol–water partition coefficient (Wildman–Crippen LogP) is 7.19. The van der Waals surface area contributed by atoms with E-state index in [1.165, 1.54) is 23.5 Å². The SMILES string of the molecule is O=C(CC(c1ccccc1)c1ccccc1)N(Cc1ccccc1)c1nc2ccc(F)cc2s1. The Bertz CT molecular complexity index is 1350. The van der Waals surface area contributed by atoms with Crippen molar-refractivity contribution >= 4 is 32.6 Å². The van der Waals surface area contributed by atoms with Crippen molar-refractivity contribution in [2.24, 2.45) is 0 Å². The van der Waals surface area contributed by atoms with Crippen molar-refractivity contribution in [1.29, 1.82) is 0 Å². The number of anilines is 1. The molecule has 0 aliphatic carbocycles. The maximum absolute atomic E-state index is 13.9. The molecule has 4 aromatic carbocycles. The van der Waals surface area contributed by atoms with Crippen molar-refractivity contribution in [3.05, 3.63) is 132 Å². The molecule has 0 atom stereocenters. The summed E-state index contributed by atoms with van der Waals surface area (Å²) in [5.41, 5.74) is 3.88. The minimum Gasteiger partial charge on any atom is -0.284 e. The smallest absolute Gasteiger partial charge is 0.230 e. The van der Waals surface area contributed by atoms with E-state index in [0.29, 0.717) is 23.6 Å². The highest BCUT2D eigenvalue weighted by atomic mass is 32.1. The molecule has 0 bridgehead atoms. The molecule has 0 saturated heterocycles. The summed E-state index contributed by atoms with van der Waals surface area (Å²) in [6, 6.07) is 34.6. The van der Waals surface area contributed by atoms with Gasteiger partial charge in [0.05, 0.1) is 16.8 Å². The topological polar surface area (TPSA) is 33.2 Å². The first-order valence-corrected chi connectivity index (χ1v) is 12.0. The number of carbonyl (C=O) groups excluding carboxylic acids is 1. The zero-order valence-electron chi connectivity index (χ0n) is 18.5. The van der Waals surface area contributed by atoms with Crippen LogP contribution in [0.5, 0.6) is 0 Å². The molecule has 34 heavy (non-hydrogen) atoms. The monoisotopic (exact) mass is 466 g/mol. The second-order valence-corrected chi connectivity index (χ2v) is 9.16. The second kappa shape index (κ2) is 9.98. The van der Waals surface area contributed by atoms with E-state index in [9.17, 15) is 9.18 Å². The number of rotatable bonds is 7. The van der Waals surface area contributed by atoms with Crippen LogP contribution >= 0.6 is 11.3 Å². The molecule has 5 heteroatoms. The van der Waals surface area contributed by atoms with Crippen molar-refractivity contribution < 1.29 is 9.18 Å². The van der Waals surface area contributed by atoms with Gasteiger partial charge in [0.2, 0.25) is 5.91 Å². The third kappa shape index (κ3) is 4.90. The number of amides is 1. The van der Waals surface area contributed by atoms with Crippen molar-refractivity contribution in [2.75, 3.05) is 4.90 Å². The lowest BCUT2D eigenvalue weighted by atomic mass is 9.88. The molecule has 1 aromatic heterocycles. The van der Waals surface area contributed by atoms with Crippen LogP contribution in [0, 0.1) is 5.82 Å². The number of carbonyl (C=O) groups is 1. The molecule has 3 nitrogen and oxygen atoms in total. The Morgan fingerprint density at radius 3 is 2.03 bits per heavy atom. The summed E-state index contributed by atoms with van der Waals surface area (Å²) in [6.07, 6.45) is 0.297. The standard InChI is InChI=1S/C29H23FN2OS/c30-24-16-17-26-27(18-24)34-29(31-26)32(20-21-10-4-1-5-11-21)28(33)19-25(22-12-6-2-7-13-22)23-14-8-3-9-15-23/h1-18,25H,19-20H2. The van der Waals surface area contributed by atoms with Gasteiger partial charge in [0.25, 0.3) is 0 Å². The highest BCUT2D eigenvalue weighted by Gasteiger charge is 2.25. The molecule has 5 aromatic rings. The van der Waals surface area contributed by atoms with Crippen LogP contribution in [-0.2, 0) is 11.3 Å². The van der Waals surface area contributed by atoms with Gasteiger partial charge in [-0.1, -0.05) is 102 Å². The highest BCUT2D eigenvalue weighted by Crippen LogP contribution is 2.34. The molecule has 5 rings (SSSR count). The lowest BCUT2D eigenvalue weighted by Gasteiger charge is -2.24. The number of benzene rings is 4. The maximum Gasteiger partial charge on any atom is 0.230 e. The molecule has 168 valence electrons. The summed E-state index contributed by atoms with van der Waals surface area (Å²) in [5.74, 6) is -0.419. The Morgan fingerprint density at radius 2 is 1.41 bits per heavy atom. The zero-order chi connectivity index (χ0) is 23.3. The number of fused-ring (bicyclic) bond motifs is 1. The number of hydrogen-bond donors (Lipinski definition) is 0. The summed E-state index contributed by atoms with van der Waals surface area (Å²) in [7, 11) is 0. The number of aromatic nitrogens is 1. The van der Waals surface area contributed by atoms with Gasteiger partial charge in [0.1, 0.15) is 5.82 Å². The van der Waals surface area contributed by atoms with Crippen molar-refractivity contribution in [1.82, 2.24) is 4.98 Å². The van der Waals surface area contributed by atoms with Gasteiger partial charge in [-0.2, -0.15) is 0 Å². The third-order valence-corrected chi connectivity index (χ3v) is 6.88. The number of halogens is 1. The van der Waals surface area contributed by atoms with Crippen LogP contribution in [0.2, 0.25) is 0 Å². The minimum atomic E-state index is -0.308. The van der Waals surface area contributed by atoms with Gasteiger partial charge in [-0.25, -0.2) is 9.37 Å². The van der Waals surface area contributed by atoms with Gasteiger partial charge in [-0.3, -0.25) is 9.69 Å². The predicted molar refractivity (Wildman–Crippen MR) is 137 cm³/mol. The van der Waals surface area contributed by atoms with E-state index in [-0.39, 0.29) is 17.6 Å². The van der Waals surface area contributed by atoms with E-state index in [1.54, 1.807) is 11.0 Å². The summed E-state index contributed by atoms with van der Waals surface area (Å²) >= 11 is 1.34. The molecular formula is C29H23FN2OS. The van der Waals surface area contributed by atoms with E-state index >= 15 is 0 Å². The molecule has 0 spiro atoms. The first kappa shape index (κ1) is 22.0. The van der Waals surface area contributed by atoms with E-state index in [1.807, 2.05) is 66.7 Å². The van der Waals surface area contributed by atoms with Gasteiger partial charge in [-0.15, -0.1) is 0 Å². The molecular weight excluding hydrogens is 443 g/mol. The summed E-state index contributed by atoms with van der Waals surface area (Å²) in [6.45, 7) is 0.401. The van der Waals surface area contributed by atoms with Crippen LogP contribution in [0.3, 0.4) is 0 Å². The van der Waals surface area contributed by atoms with Gasteiger partial charge < -0.3 is 0 Å². The molecule has 0 fully saturated rings. The van der Waals surface area contributed by atoms with E-state index in [4.69, 9.17) is 0 Å². The largest absolute Gasteiger partial charge is 0.284 e. The number of thiazole rings is 1. The van der Waals surface area contributed by atoms with Gasteiger partial charge >= 0.3 is 0 Å². The Morgan fingerprint density at radius 1 is 0.824 bits per heavy atom. The molecule has 0 radical (unpaired) electrons. The van der Waals surface area contributed by atoms with E-state index in [2.05, 4.69) is 29.2 Å². The van der Waals surface area contributed by atoms with Crippen LogP contribution in [0.15, 0.2) is 109 Å². The molecule has 0 N–H and O–H groups in total. The van der Waals surface area contributed by atoms with Crippen molar-refractivity contribution in [3.63, 3.8) is 0 Å². The Labute approximate surface area is 202 Å². The highest BCUT2D eigenvalue weighted by molar-refractivity contribution is 7.22. The molecule has 0 saturated carbocycles. The molecule has 0 unspecified atom stereocenters. The molecule has 0 aliphatic heterocycles. The normalized spacial score (nSPS) is 11.1. The van der Waals surface area contributed by atoms with E-state index < -0.39 is 0 Å². The van der Waals surface area contributed by atoms with Crippen molar-refractivity contribution in [3.8, 4) is 0 Å². The zero-order valence-corrected chi connectivity index (χ0v) is 19.3. The van der Waals surface area contributed by atoms with Gasteiger partial charge in [0, 0.05) is 12.3 Å². The average Bonchev–Trinajstić information content (AvgIpc) is 3.30. The van der Waals surface area contributed by atoms with Crippen LogP contribution in [0.1, 0.15) is 29.0 Å². The minimum absolute atomic E-state index is 0.0268. The third-order valence-electron chi connectivity index (χ3n) is 5.84. The van der Waals surface area contributed by atoms with Crippen LogP contribution < -0.4 is 4.90 Å². The first-order valence-electron chi connectivity index (χ1n) is 11.2. The quantitative estimate of drug-likeness (QED) is 0.254. The molecule has 0 aliphatic rings. The average molecular weight is 467 g/mol. The van der Waals surface area contributed by atoms with Gasteiger partial charge in [0.15, 0.2) is 5.13 Å².